The minimum absolute atomic E-state index is 0.0683. The number of unbranched alkanes of at least 4 members (excludes halogenated alkanes) is 2. The van der Waals surface area contributed by atoms with Crippen LogP contribution in [0.5, 0.6) is 0 Å². The highest BCUT2D eigenvalue weighted by atomic mass is 32.1. The van der Waals surface area contributed by atoms with Crippen LogP contribution in [0.3, 0.4) is 0 Å². The molecular formula is C24H34N4O3S. The average molecular weight is 459 g/mol. The second-order valence-electron chi connectivity index (χ2n) is 8.94. The lowest BCUT2D eigenvalue weighted by atomic mass is 10.1. The molecule has 0 atom stereocenters. The van der Waals surface area contributed by atoms with Gasteiger partial charge in [0.25, 0.3) is 5.56 Å². The first-order valence-electron chi connectivity index (χ1n) is 11.6. The van der Waals surface area contributed by atoms with Gasteiger partial charge in [-0.05, 0) is 49.5 Å². The van der Waals surface area contributed by atoms with Crippen molar-refractivity contribution >= 4 is 34.9 Å². The molecule has 1 aromatic heterocycles. The van der Waals surface area contributed by atoms with Crippen molar-refractivity contribution < 1.29 is 9.59 Å². The number of carbonyl (C=O) groups is 2. The molecule has 2 heterocycles. The first kappa shape index (κ1) is 24.2. The summed E-state index contributed by atoms with van der Waals surface area (Å²) < 4.78 is 2.04. The Kier molecular flexibility index (Phi) is 8.61. The van der Waals surface area contributed by atoms with Crippen molar-refractivity contribution in [1.29, 1.82) is 0 Å². The number of hydrogen-bond donors (Lipinski definition) is 1. The number of benzene rings is 1. The molecule has 3 rings (SSSR count). The number of hydrogen-bond acceptors (Lipinski definition) is 4. The van der Waals surface area contributed by atoms with Crippen LogP contribution in [0, 0.1) is 10.7 Å². The number of rotatable bonds is 9. The smallest absolute Gasteiger partial charge is 0.262 e. The van der Waals surface area contributed by atoms with Gasteiger partial charge in [0.15, 0.2) is 4.77 Å². The van der Waals surface area contributed by atoms with Gasteiger partial charge in [0, 0.05) is 45.6 Å². The van der Waals surface area contributed by atoms with Crippen LogP contribution in [0.15, 0.2) is 29.1 Å². The Balaban J connectivity index is 1.38. The molecule has 1 saturated heterocycles. The van der Waals surface area contributed by atoms with Crippen LogP contribution in [0.4, 0.5) is 0 Å². The van der Waals surface area contributed by atoms with Gasteiger partial charge in [-0.25, -0.2) is 0 Å². The summed E-state index contributed by atoms with van der Waals surface area (Å²) in [6.45, 7) is 7.29. The highest BCUT2D eigenvalue weighted by Crippen LogP contribution is 2.12. The maximum atomic E-state index is 12.7. The van der Waals surface area contributed by atoms with Crippen LogP contribution >= 0.6 is 12.2 Å². The Bertz CT molecular complexity index is 1050. The Hall–Kier alpha value is -2.48. The van der Waals surface area contributed by atoms with Crippen LogP contribution in [-0.2, 0) is 16.1 Å². The number of fused-ring (bicyclic) bond motifs is 1. The van der Waals surface area contributed by atoms with Crippen molar-refractivity contribution in [2.75, 3.05) is 26.2 Å². The fourth-order valence-corrected chi connectivity index (χ4v) is 4.34. The molecular weight excluding hydrogens is 424 g/mol. The van der Waals surface area contributed by atoms with Gasteiger partial charge in [0.2, 0.25) is 11.8 Å². The standard InChI is InChI=1S/C24H34N4O3S/c1-18(2)11-12-22(30)27-16-14-26(15-17-27)21(29)10-4-3-7-13-28-23(31)19-8-5-6-9-20(19)25-24(28)32/h5-6,8-9,18H,3-4,7,10-17H2,1-2H3,(H,25,32). The maximum Gasteiger partial charge on any atom is 0.262 e. The molecule has 7 nitrogen and oxygen atoms in total. The van der Waals surface area contributed by atoms with Crippen molar-refractivity contribution in [3.63, 3.8) is 0 Å². The molecule has 8 heteroatoms. The number of piperazine rings is 1. The summed E-state index contributed by atoms with van der Waals surface area (Å²) in [4.78, 5) is 44.3. The summed E-state index contributed by atoms with van der Waals surface area (Å²) >= 11 is 5.35. The highest BCUT2D eigenvalue weighted by molar-refractivity contribution is 7.71. The molecule has 0 unspecified atom stereocenters. The van der Waals surface area contributed by atoms with Crippen LogP contribution in [0.1, 0.15) is 52.4 Å². The lowest BCUT2D eigenvalue weighted by molar-refractivity contribution is -0.139. The predicted molar refractivity (Wildman–Crippen MR) is 129 cm³/mol. The van der Waals surface area contributed by atoms with Gasteiger partial charge in [-0.15, -0.1) is 0 Å². The molecule has 2 aromatic rings. The minimum Gasteiger partial charge on any atom is -0.339 e. The molecule has 1 aromatic carbocycles. The monoisotopic (exact) mass is 458 g/mol. The maximum absolute atomic E-state index is 12.7. The van der Waals surface area contributed by atoms with E-state index in [4.69, 9.17) is 12.2 Å². The van der Waals surface area contributed by atoms with E-state index in [9.17, 15) is 14.4 Å². The van der Waals surface area contributed by atoms with E-state index in [0.717, 1.165) is 31.2 Å². The molecule has 0 radical (unpaired) electrons. The number of aromatic nitrogens is 2. The molecule has 1 N–H and O–H groups in total. The Morgan fingerprint density at radius 3 is 2.25 bits per heavy atom. The van der Waals surface area contributed by atoms with Gasteiger partial charge < -0.3 is 14.8 Å². The molecule has 0 aliphatic carbocycles. The third-order valence-electron chi connectivity index (χ3n) is 6.08. The first-order valence-corrected chi connectivity index (χ1v) is 12.0. The van der Waals surface area contributed by atoms with Crippen LogP contribution in [0.25, 0.3) is 10.9 Å². The zero-order valence-corrected chi connectivity index (χ0v) is 20.0. The second-order valence-corrected chi connectivity index (χ2v) is 9.32. The van der Waals surface area contributed by atoms with Crippen molar-refractivity contribution in [2.24, 2.45) is 5.92 Å². The number of nitrogens with one attached hydrogen (secondary N) is 1. The third-order valence-corrected chi connectivity index (χ3v) is 6.40. The van der Waals surface area contributed by atoms with Crippen LogP contribution < -0.4 is 5.56 Å². The number of nitrogens with zero attached hydrogens (tertiary/aromatic N) is 3. The molecule has 1 aliphatic rings. The highest BCUT2D eigenvalue weighted by Gasteiger charge is 2.23. The summed E-state index contributed by atoms with van der Waals surface area (Å²) in [6, 6.07) is 7.37. The van der Waals surface area contributed by atoms with Gasteiger partial charge in [0.05, 0.1) is 10.9 Å². The van der Waals surface area contributed by atoms with E-state index in [-0.39, 0.29) is 17.4 Å². The lowest BCUT2D eigenvalue weighted by Gasteiger charge is -2.35. The average Bonchev–Trinajstić information content (AvgIpc) is 2.79. The number of aromatic amines is 1. The number of H-pyrrole nitrogens is 1. The van der Waals surface area contributed by atoms with Gasteiger partial charge >= 0.3 is 0 Å². The molecule has 32 heavy (non-hydrogen) atoms. The summed E-state index contributed by atoms with van der Waals surface area (Å²) in [5, 5.41) is 0.637. The third kappa shape index (κ3) is 6.28. The van der Waals surface area contributed by atoms with Crippen LogP contribution in [-0.4, -0.2) is 57.3 Å². The summed E-state index contributed by atoms with van der Waals surface area (Å²) in [7, 11) is 0. The fourth-order valence-electron chi connectivity index (χ4n) is 4.06. The van der Waals surface area contributed by atoms with E-state index in [0.29, 0.717) is 61.6 Å². The van der Waals surface area contributed by atoms with E-state index < -0.39 is 0 Å². The van der Waals surface area contributed by atoms with E-state index in [2.05, 4.69) is 18.8 Å². The Morgan fingerprint density at radius 1 is 0.969 bits per heavy atom. The molecule has 1 aliphatic heterocycles. The largest absolute Gasteiger partial charge is 0.339 e. The fraction of sp³-hybridized carbons (Fsp3) is 0.583. The summed E-state index contributed by atoms with van der Waals surface area (Å²) in [5.41, 5.74) is 0.687. The molecule has 1 fully saturated rings. The zero-order valence-electron chi connectivity index (χ0n) is 19.1. The summed E-state index contributed by atoms with van der Waals surface area (Å²) in [6.07, 6.45) is 4.44. The van der Waals surface area contributed by atoms with Crippen LogP contribution in [0.2, 0.25) is 0 Å². The molecule has 0 spiro atoms. The second kappa shape index (κ2) is 11.4. The normalized spacial score (nSPS) is 14.3. The van der Waals surface area contributed by atoms with E-state index in [1.165, 1.54) is 0 Å². The SMILES string of the molecule is CC(C)CCC(=O)N1CCN(C(=O)CCCCCn2c(=S)[nH]c3ccccc3c2=O)CC1. The number of para-hydroxylation sites is 1. The van der Waals surface area contributed by atoms with Gasteiger partial charge in [-0.1, -0.05) is 32.4 Å². The summed E-state index contributed by atoms with van der Waals surface area (Å²) in [5.74, 6) is 0.880. The Morgan fingerprint density at radius 2 is 1.59 bits per heavy atom. The van der Waals surface area contributed by atoms with E-state index in [1.807, 2.05) is 28.0 Å². The van der Waals surface area contributed by atoms with Crippen molar-refractivity contribution in [1.82, 2.24) is 19.4 Å². The molecule has 2 amide bonds. The minimum atomic E-state index is -0.0683. The first-order chi connectivity index (χ1) is 15.4. The van der Waals surface area contributed by atoms with Gasteiger partial charge in [-0.3, -0.25) is 19.0 Å². The number of amides is 2. The van der Waals surface area contributed by atoms with Crippen molar-refractivity contribution in [2.45, 2.75) is 58.9 Å². The molecule has 0 saturated carbocycles. The number of carbonyl (C=O) groups excluding carboxylic acids is 2. The van der Waals surface area contributed by atoms with Crippen molar-refractivity contribution in [3.8, 4) is 0 Å². The van der Waals surface area contributed by atoms with Gasteiger partial charge in [0.1, 0.15) is 0 Å². The van der Waals surface area contributed by atoms with Crippen molar-refractivity contribution in [3.05, 3.63) is 39.4 Å². The van der Waals surface area contributed by atoms with Gasteiger partial charge in [-0.2, -0.15) is 0 Å². The topological polar surface area (TPSA) is 78.4 Å². The van der Waals surface area contributed by atoms with E-state index >= 15 is 0 Å². The van der Waals surface area contributed by atoms with E-state index in [1.54, 1.807) is 10.6 Å². The quantitative estimate of drug-likeness (QED) is 0.459. The molecule has 0 bridgehead atoms. The zero-order chi connectivity index (χ0) is 23.1. The molecule has 174 valence electrons. The Labute approximate surface area is 194 Å². The predicted octanol–water partition coefficient (Wildman–Crippen LogP) is 3.73. The lowest BCUT2D eigenvalue weighted by Crippen LogP contribution is -2.50.